The number of carboxylic acids is 1. The molecule has 1 atom stereocenters. The van der Waals surface area contributed by atoms with Gasteiger partial charge in [0.15, 0.2) is 0 Å². The molecule has 70 valence electrons. The molecule has 4 heteroatoms. The van der Waals surface area contributed by atoms with Crippen molar-refractivity contribution in [3.63, 3.8) is 0 Å². The van der Waals surface area contributed by atoms with Gasteiger partial charge in [0.25, 0.3) is 0 Å². The average molecular weight is 173 g/mol. The van der Waals surface area contributed by atoms with Gasteiger partial charge in [0.05, 0.1) is 0 Å². The van der Waals surface area contributed by atoms with Crippen LogP contribution in [0.1, 0.15) is 32.1 Å². The number of hydroxylamine groups is 1. The van der Waals surface area contributed by atoms with E-state index in [1.807, 2.05) is 5.48 Å². The minimum Gasteiger partial charge on any atom is -0.480 e. The fraction of sp³-hybridized carbons (Fsp3) is 0.875. The second-order valence-corrected chi connectivity index (χ2v) is 3.34. The Hall–Kier alpha value is -0.610. The Morgan fingerprint density at radius 3 is 2.33 bits per heavy atom. The lowest BCUT2D eigenvalue weighted by Gasteiger charge is -2.25. The Kier molecular flexibility index (Phi) is 3.49. The normalized spacial score (nSPS) is 22.1. The molecule has 12 heavy (non-hydrogen) atoms. The van der Waals surface area contributed by atoms with Crippen LogP contribution in [0.25, 0.3) is 0 Å². The summed E-state index contributed by atoms with van der Waals surface area (Å²) in [6, 6.07) is -0.773. The molecule has 0 heterocycles. The molecule has 0 aromatic rings. The summed E-state index contributed by atoms with van der Waals surface area (Å²) in [6.07, 6.45) is 5.16. The van der Waals surface area contributed by atoms with Crippen LogP contribution < -0.4 is 5.48 Å². The van der Waals surface area contributed by atoms with Gasteiger partial charge in [-0.2, -0.15) is 5.48 Å². The molecule has 0 aromatic heterocycles. The van der Waals surface area contributed by atoms with Crippen molar-refractivity contribution in [2.45, 2.75) is 38.1 Å². The first-order valence-corrected chi connectivity index (χ1v) is 4.38. The molecule has 1 fully saturated rings. The third-order valence-corrected chi connectivity index (χ3v) is 2.53. The van der Waals surface area contributed by atoms with E-state index in [-0.39, 0.29) is 5.92 Å². The van der Waals surface area contributed by atoms with Crippen molar-refractivity contribution >= 4 is 5.97 Å². The van der Waals surface area contributed by atoms with E-state index in [0.717, 1.165) is 25.7 Å². The monoisotopic (exact) mass is 173 g/mol. The second-order valence-electron chi connectivity index (χ2n) is 3.34. The van der Waals surface area contributed by atoms with Crippen LogP contribution in [0.4, 0.5) is 0 Å². The SMILES string of the molecule is O=C(O)[C@@H](NO)C1CCCCC1. The molecule has 1 rings (SSSR count). The zero-order valence-corrected chi connectivity index (χ0v) is 6.99. The molecular formula is C8H15NO3. The lowest BCUT2D eigenvalue weighted by molar-refractivity contribution is -0.144. The second kappa shape index (κ2) is 4.42. The Bertz CT molecular complexity index is 154. The lowest BCUT2D eigenvalue weighted by Crippen LogP contribution is -2.41. The van der Waals surface area contributed by atoms with Crippen LogP contribution in [0.5, 0.6) is 0 Å². The summed E-state index contributed by atoms with van der Waals surface area (Å²) in [7, 11) is 0. The summed E-state index contributed by atoms with van der Waals surface area (Å²) in [5.41, 5.74) is 1.87. The summed E-state index contributed by atoms with van der Waals surface area (Å²) < 4.78 is 0. The number of carbonyl (C=O) groups is 1. The molecule has 0 unspecified atom stereocenters. The topological polar surface area (TPSA) is 69.6 Å². The first-order chi connectivity index (χ1) is 5.75. The molecule has 0 aliphatic heterocycles. The van der Waals surface area contributed by atoms with Crippen molar-refractivity contribution in [1.29, 1.82) is 0 Å². The molecular weight excluding hydrogens is 158 g/mol. The Morgan fingerprint density at radius 2 is 1.92 bits per heavy atom. The van der Waals surface area contributed by atoms with Gasteiger partial charge in [-0.15, -0.1) is 0 Å². The predicted molar refractivity (Wildman–Crippen MR) is 42.9 cm³/mol. The molecule has 0 spiro atoms. The van der Waals surface area contributed by atoms with Crippen molar-refractivity contribution in [1.82, 2.24) is 5.48 Å². The highest BCUT2D eigenvalue weighted by Gasteiger charge is 2.28. The van der Waals surface area contributed by atoms with Crippen LogP contribution in [0.15, 0.2) is 0 Å². The minimum absolute atomic E-state index is 0.0984. The molecule has 1 saturated carbocycles. The fourth-order valence-electron chi connectivity index (χ4n) is 1.83. The molecule has 1 aliphatic carbocycles. The highest BCUT2D eigenvalue weighted by Crippen LogP contribution is 2.26. The number of rotatable bonds is 3. The minimum atomic E-state index is -0.954. The third kappa shape index (κ3) is 2.19. The fourth-order valence-corrected chi connectivity index (χ4v) is 1.83. The summed E-state index contributed by atoms with van der Waals surface area (Å²) in [5, 5.41) is 17.3. The molecule has 0 amide bonds. The van der Waals surface area contributed by atoms with Crippen molar-refractivity contribution in [3.8, 4) is 0 Å². The van der Waals surface area contributed by atoms with Gasteiger partial charge >= 0.3 is 5.97 Å². The zero-order valence-electron chi connectivity index (χ0n) is 6.99. The largest absolute Gasteiger partial charge is 0.480 e. The summed E-state index contributed by atoms with van der Waals surface area (Å²) >= 11 is 0. The average Bonchev–Trinajstić information content (AvgIpc) is 2.07. The molecule has 1 aliphatic rings. The maximum Gasteiger partial charge on any atom is 0.323 e. The highest BCUT2D eigenvalue weighted by atomic mass is 16.5. The Labute approximate surface area is 71.5 Å². The summed E-state index contributed by atoms with van der Waals surface area (Å²) in [6.45, 7) is 0. The van der Waals surface area contributed by atoms with Crippen LogP contribution in [0.3, 0.4) is 0 Å². The van der Waals surface area contributed by atoms with Crippen LogP contribution in [-0.2, 0) is 4.79 Å². The van der Waals surface area contributed by atoms with Gasteiger partial charge in [-0.25, -0.2) is 0 Å². The van der Waals surface area contributed by atoms with E-state index < -0.39 is 12.0 Å². The van der Waals surface area contributed by atoms with E-state index in [9.17, 15) is 4.79 Å². The zero-order chi connectivity index (χ0) is 8.97. The van der Waals surface area contributed by atoms with E-state index in [1.54, 1.807) is 0 Å². The maximum absolute atomic E-state index is 10.6. The van der Waals surface area contributed by atoms with Gasteiger partial charge < -0.3 is 10.3 Å². The van der Waals surface area contributed by atoms with Crippen LogP contribution in [-0.4, -0.2) is 22.3 Å². The van der Waals surface area contributed by atoms with Crippen molar-refractivity contribution in [2.75, 3.05) is 0 Å². The van der Waals surface area contributed by atoms with E-state index in [4.69, 9.17) is 10.3 Å². The first-order valence-electron chi connectivity index (χ1n) is 4.38. The molecule has 0 bridgehead atoms. The van der Waals surface area contributed by atoms with Gasteiger partial charge in [-0.3, -0.25) is 4.79 Å². The molecule has 4 nitrogen and oxygen atoms in total. The first kappa shape index (κ1) is 9.48. The van der Waals surface area contributed by atoms with Crippen LogP contribution in [0, 0.1) is 5.92 Å². The number of hydrogen-bond acceptors (Lipinski definition) is 3. The van der Waals surface area contributed by atoms with E-state index in [2.05, 4.69) is 0 Å². The summed E-state index contributed by atoms with van der Waals surface area (Å²) in [5.74, 6) is -0.856. The predicted octanol–water partition coefficient (Wildman–Crippen LogP) is 0.999. The van der Waals surface area contributed by atoms with Crippen LogP contribution in [0.2, 0.25) is 0 Å². The number of hydrogen-bond donors (Lipinski definition) is 3. The van der Waals surface area contributed by atoms with Gasteiger partial charge in [-0.1, -0.05) is 19.3 Å². The quantitative estimate of drug-likeness (QED) is 0.557. The van der Waals surface area contributed by atoms with Crippen molar-refractivity contribution in [2.24, 2.45) is 5.92 Å². The Balaban J connectivity index is 2.46. The molecule has 3 N–H and O–H groups in total. The van der Waals surface area contributed by atoms with Gasteiger partial charge in [0, 0.05) is 0 Å². The van der Waals surface area contributed by atoms with E-state index in [1.165, 1.54) is 6.42 Å². The number of aliphatic carboxylic acids is 1. The number of nitrogens with one attached hydrogen (secondary N) is 1. The van der Waals surface area contributed by atoms with E-state index >= 15 is 0 Å². The molecule has 0 saturated heterocycles. The number of carboxylic acid groups (broad SMARTS) is 1. The smallest absolute Gasteiger partial charge is 0.323 e. The van der Waals surface area contributed by atoms with Crippen LogP contribution >= 0.6 is 0 Å². The third-order valence-electron chi connectivity index (χ3n) is 2.53. The van der Waals surface area contributed by atoms with E-state index in [0.29, 0.717) is 0 Å². The molecule has 0 aromatic carbocycles. The maximum atomic E-state index is 10.6. The highest BCUT2D eigenvalue weighted by molar-refractivity contribution is 5.73. The van der Waals surface area contributed by atoms with Gasteiger partial charge in [-0.05, 0) is 18.8 Å². The van der Waals surface area contributed by atoms with Crippen molar-refractivity contribution in [3.05, 3.63) is 0 Å². The van der Waals surface area contributed by atoms with Gasteiger partial charge in [0.2, 0.25) is 0 Å². The lowest BCUT2D eigenvalue weighted by atomic mass is 9.84. The van der Waals surface area contributed by atoms with Gasteiger partial charge in [0.1, 0.15) is 6.04 Å². The molecule has 0 radical (unpaired) electrons. The Morgan fingerprint density at radius 1 is 1.33 bits per heavy atom. The standard InChI is InChI=1S/C8H15NO3/c10-8(11)7(9-12)6-4-2-1-3-5-6/h6-7,9,12H,1-5H2,(H,10,11)/t7-/m0/s1. The summed E-state index contributed by atoms with van der Waals surface area (Å²) in [4.78, 5) is 10.6. The van der Waals surface area contributed by atoms with Crippen molar-refractivity contribution < 1.29 is 15.1 Å².